The number of benzene rings is 1. The van der Waals surface area contributed by atoms with Gasteiger partial charge in [-0.25, -0.2) is 0 Å². The first-order chi connectivity index (χ1) is 8.28. The van der Waals surface area contributed by atoms with E-state index < -0.39 is 0 Å². The average molecular weight is 249 g/mol. The SMILES string of the molecule is CC(C)C(=O)Nc1cccc(OCC(C)(C)C)c1. The Labute approximate surface area is 110 Å². The van der Waals surface area contributed by atoms with Gasteiger partial charge in [0.15, 0.2) is 0 Å². The van der Waals surface area contributed by atoms with Crippen molar-refractivity contribution >= 4 is 11.6 Å². The molecule has 0 saturated carbocycles. The molecule has 1 N–H and O–H groups in total. The number of hydrogen-bond donors (Lipinski definition) is 1. The lowest BCUT2D eigenvalue weighted by Gasteiger charge is -2.19. The average Bonchev–Trinajstić information content (AvgIpc) is 2.26. The van der Waals surface area contributed by atoms with Crippen LogP contribution in [0.15, 0.2) is 24.3 Å². The summed E-state index contributed by atoms with van der Waals surface area (Å²) in [6, 6.07) is 7.50. The lowest BCUT2D eigenvalue weighted by molar-refractivity contribution is -0.118. The van der Waals surface area contributed by atoms with Gasteiger partial charge in [-0.05, 0) is 17.5 Å². The Bertz CT molecular complexity index is 405. The summed E-state index contributed by atoms with van der Waals surface area (Å²) in [4.78, 5) is 11.6. The fourth-order valence-corrected chi connectivity index (χ4v) is 1.25. The van der Waals surface area contributed by atoms with Crippen molar-refractivity contribution in [3.63, 3.8) is 0 Å². The first-order valence-electron chi connectivity index (χ1n) is 6.32. The van der Waals surface area contributed by atoms with E-state index in [4.69, 9.17) is 4.74 Å². The zero-order valence-corrected chi connectivity index (χ0v) is 11.9. The van der Waals surface area contributed by atoms with Crippen LogP contribution in [0.25, 0.3) is 0 Å². The molecule has 0 aliphatic heterocycles. The minimum Gasteiger partial charge on any atom is -0.493 e. The van der Waals surface area contributed by atoms with Gasteiger partial charge in [-0.15, -0.1) is 0 Å². The summed E-state index contributed by atoms with van der Waals surface area (Å²) < 4.78 is 5.70. The second-order valence-corrected chi connectivity index (χ2v) is 6.02. The van der Waals surface area contributed by atoms with Crippen molar-refractivity contribution in [2.45, 2.75) is 34.6 Å². The fourth-order valence-electron chi connectivity index (χ4n) is 1.25. The van der Waals surface area contributed by atoms with E-state index in [-0.39, 0.29) is 17.2 Å². The molecule has 0 atom stereocenters. The van der Waals surface area contributed by atoms with Gasteiger partial charge in [0.1, 0.15) is 5.75 Å². The number of hydrogen-bond acceptors (Lipinski definition) is 2. The molecule has 18 heavy (non-hydrogen) atoms. The molecule has 0 aliphatic rings. The molecule has 1 aromatic rings. The Kier molecular flexibility index (Phi) is 4.76. The third kappa shape index (κ3) is 5.21. The zero-order valence-electron chi connectivity index (χ0n) is 11.9. The van der Waals surface area contributed by atoms with Gasteiger partial charge in [-0.3, -0.25) is 4.79 Å². The number of nitrogens with one attached hydrogen (secondary N) is 1. The molecule has 1 rings (SSSR count). The third-order valence-electron chi connectivity index (χ3n) is 2.30. The van der Waals surface area contributed by atoms with Crippen LogP contribution in [-0.2, 0) is 4.79 Å². The molecule has 100 valence electrons. The molecule has 3 nitrogen and oxygen atoms in total. The van der Waals surface area contributed by atoms with Gasteiger partial charge < -0.3 is 10.1 Å². The first-order valence-corrected chi connectivity index (χ1v) is 6.32. The minimum atomic E-state index is -0.0239. The van der Waals surface area contributed by atoms with Crippen molar-refractivity contribution in [2.24, 2.45) is 11.3 Å². The Morgan fingerprint density at radius 1 is 1.33 bits per heavy atom. The van der Waals surface area contributed by atoms with E-state index >= 15 is 0 Å². The Balaban J connectivity index is 2.65. The van der Waals surface area contributed by atoms with Gasteiger partial charge in [0.05, 0.1) is 6.61 Å². The lowest BCUT2D eigenvalue weighted by Crippen LogP contribution is -2.18. The summed E-state index contributed by atoms with van der Waals surface area (Å²) >= 11 is 0. The van der Waals surface area contributed by atoms with Gasteiger partial charge in [-0.1, -0.05) is 40.7 Å². The number of anilines is 1. The van der Waals surface area contributed by atoms with Crippen LogP contribution >= 0.6 is 0 Å². The fraction of sp³-hybridized carbons (Fsp3) is 0.533. The molecule has 1 aromatic carbocycles. The van der Waals surface area contributed by atoms with Crippen LogP contribution < -0.4 is 10.1 Å². The number of carbonyl (C=O) groups is 1. The number of rotatable bonds is 4. The highest BCUT2D eigenvalue weighted by atomic mass is 16.5. The molecule has 0 fully saturated rings. The Hall–Kier alpha value is -1.51. The molecule has 0 unspecified atom stereocenters. The largest absolute Gasteiger partial charge is 0.493 e. The van der Waals surface area contributed by atoms with Crippen LogP contribution in [0.4, 0.5) is 5.69 Å². The van der Waals surface area contributed by atoms with E-state index in [0.717, 1.165) is 11.4 Å². The molecule has 0 saturated heterocycles. The topological polar surface area (TPSA) is 38.3 Å². The smallest absolute Gasteiger partial charge is 0.226 e. The number of ether oxygens (including phenoxy) is 1. The highest BCUT2D eigenvalue weighted by molar-refractivity contribution is 5.92. The van der Waals surface area contributed by atoms with Crippen molar-refractivity contribution in [3.8, 4) is 5.75 Å². The molecule has 0 radical (unpaired) electrons. The highest BCUT2D eigenvalue weighted by Gasteiger charge is 2.11. The van der Waals surface area contributed by atoms with Crippen LogP contribution in [0.3, 0.4) is 0 Å². The van der Waals surface area contributed by atoms with Crippen molar-refractivity contribution < 1.29 is 9.53 Å². The predicted octanol–water partition coefficient (Wildman–Crippen LogP) is 3.71. The molecule has 0 bridgehead atoms. The maximum Gasteiger partial charge on any atom is 0.226 e. The van der Waals surface area contributed by atoms with E-state index in [1.807, 2.05) is 38.1 Å². The molecular weight excluding hydrogens is 226 g/mol. The summed E-state index contributed by atoms with van der Waals surface area (Å²) in [6.45, 7) is 10.8. The molecule has 0 aliphatic carbocycles. The van der Waals surface area contributed by atoms with Crippen molar-refractivity contribution in [2.75, 3.05) is 11.9 Å². The van der Waals surface area contributed by atoms with Gasteiger partial charge in [0.25, 0.3) is 0 Å². The predicted molar refractivity (Wildman–Crippen MR) is 74.9 cm³/mol. The van der Waals surface area contributed by atoms with Gasteiger partial charge in [0, 0.05) is 17.7 Å². The molecule has 1 amide bonds. The monoisotopic (exact) mass is 249 g/mol. The standard InChI is InChI=1S/C15H23NO2/c1-11(2)14(17)16-12-7-6-8-13(9-12)18-10-15(3,4)5/h6-9,11H,10H2,1-5H3,(H,16,17). The summed E-state index contributed by atoms with van der Waals surface area (Å²) in [5.74, 6) is 0.776. The quantitative estimate of drug-likeness (QED) is 0.883. The van der Waals surface area contributed by atoms with Gasteiger partial charge in [-0.2, -0.15) is 0 Å². The van der Waals surface area contributed by atoms with Crippen LogP contribution in [0, 0.1) is 11.3 Å². The Morgan fingerprint density at radius 3 is 2.56 bits per heavy atom. The third-order valence-corrected chi connectivity index (χ3v) is 2.30. The Morgan fingerprint density at radius 2 is 2.00 bits per heavy atom. The van der Waals surface area contributed by atoms with Crippen molar-refractivity contribution in [1.82, 2.24) is 0 Å². The highest BCUT2D eigenvalue weighted by Crippen LogP contribution is 2.21. The summed E-state index contributed by atoms with van der Waals surface area (Å²) in [5.41, 5.74) is 0.900. The second kappa shape index (κ2) is 5.89. The molecule has 0 spiro atoms. The van der Waals surface area contributed by atoms with E-state index in [1.165, 1.54) is 0 Å². The van der Waals surface area contributed by atoms with Gasteiger partial charge >= 0.3 is 0 Å². The van der Waals surface area contributed by atoms with Crippen LogP contribution in [0.1, 0.15) is 34.6 Å². The number of carbonyl (C=O) groups excluding carboxylic acids is 1. The normalized spacial score (nSPS) is 11.4. The number of amides is 1. The second-order valence-electron chi connectivity index (χ2n) is 6.02. The maximum atomic E-state index is 11.6. The zero-order chi connectivity index (χ0) is 13.8. The summed E-state index contributed by atoms with van der Waals surface area (Å²) in [7, 11) is 0. The minimum absolute atomic E-state index is 0.0166. The van der Waals surface area contributed by atoms with Crippen LogP contribution in [-0.4, -0.2) is 12.5 Å². The van der Waals surface area contributed by atoms with E-state index in [9.17, 15) is 4.79 Å². The van der Waals surface area contributed by atoms with E-state index in [2.05, 4.69) is 26.1 Å². The van der Waals surface area contributed by atoms with E-state index in [0.29, 0.717) is 6.61 Å². The van der Waals surface area contributed by atoms with Crippen LogP contribution in [0.5, 0.6) is 5.75 Å². The van der Waals surface area contributed by atoms with Crippen molar-refractivity contribution in [3.05, 3.63) is 24.3 Å². The molecule has 0 heterocycles. The van der Waals surface area contributed by atoms with Crippen molar-refractivity contribution in [1.29, 1.82) is 0 Å². The molecule has 3 heteroatoms. The maximum absolute atomic E-state index is 11.6. The first kappa shape index (κ1) is 14.6. The van der Waals surface area contributed by atoms with E-state index in [1.54, 1.807) is 0 Å². The lowest BCUT2D eigenvalue weighted by atomic mass is 9.99. The summed E-state index contributed by atoms with van der Waals surface area (Å²) in [5, 5.41) is 2.86. The van der Waals surface area contributed by atoms with Gasteiger partial charge in [0.2, 0.25) is 5.91 Å². The summed E-state index contributed by atoms with van der Waals surface area (Å²) in [6.07, 6.45) is 0. The molecular formula is C15H23NO2. The molecule has 0 aromatic heterocycles. The van der Waals surface area contributed by atoms with Crippen LogP contribution in [0.2, 0.25) is 0 Å².